The topological polar surface area (TPSA) is 97.1 Å². The maximum atomic E-state index is 12.3. The second kappa shape index (κ2) is 7.90. The molecule has 25 heavy (non-hydrogen) atoms. The van der Waals surface area contributed by atoms with Crippen molar-refractivity contribution in [2.45, 2.75) is 31.7 Å². The Morgan fingerprint density at radius 1 is 1.04 bits per heavy atom. The van der Waals surface area contributed by atoms with E-state index < -0.39 is 0 Å². The van der Waals surface area contributed by atoms with Crippen molar-refractivity contribution in [1.82, 2.24) is 4.98 Å². The zero-order chi connectivity index (χ0) is 17.6. The number of carbonyl (C=O) groups is 2. The van der Waals surface area contributed by atoms with Crippen molar-refractivity contribution in [3.8, 4) is 0 Å². The van der Waals surface area contributed by atoms with Crippen LogP contribution >= 0.6 is 0 Å². The maximum Gasteiger partial charge on any atom is 0.255 e. The predicted molar refractivity (Wildman–Crippen MR) is 97.2 cm³/mol. The highest BCUT2D eigenvalue weighted by Crippen LogP contribution is 2.24. The molecule has 6 heteroatoms. The first-order chi connectivity index (χ1) is 12.1. The molecule has 1 aliphatic carbocycles. The summed E-state index contributed by atoms with van der Waals surface area (Å²) in [4.78, 5) is 28.5. The van der Waals surface area contributed by atoms with E-state index in [-0.39, 0.29) is 23.8 Å². The van der Waals surface area contributed by atoms with Gasteiger partial charge in [-0.1, -0.05) is 6.42 Å². The number of hydrogen-bond acceptors (Lipinski definition) is 4. The molecule has 130 valence electrons. The van der Waals surface area contributed by atoms with E-state index in [9.17, 15) is 9.59 Å². The van der Waals surface area contributed by atoms with E-state index in [0.29, 0.717) is 16.9 Å². The Morgan fingerprint density at radius 3 is 2.52 bits per heavy atom. The Labute approximate surface area is 146 Å². The quantitative estimate of drug-likeness (QED) is 0.798. The third-order valence-electron chi connectivity index (χ3n) is 4.42. The molecule has 0 bridgehead atoms. The van der Waals surface area contributed by atoms with Gasteiger partial charge in [0.1, 0.15) is 0 Å². The fourth-order valence-electron chi connectivity index (χ4n) is 3.05. The summed E-state index contributed by atoms with van der Waals surface area (Å²) in [5.74, 6) is -0.246. The highest BCUT2D eigenvalue weighted by atomic mass is 16.2. The number of amides is 2. The number of nitrogens with two attached hydrogens (primary N) is 1. The van der Waals surface area contributed by atoms with E-state index >= 15 is 0 Å². The van der Waals surface area contributed by atoms with E-state index in [0.717, 1.165) is 25.7 Å². The molecule has 1 fully saturated rings. The van der Waals surface area contributed by atoms with E-state index in [1.54, 1.807) is 48.8 Å². The summed E-state index contributed by atoms with van der Waals surface area (Å²) >= 11 is 0. The zero-order valence-corrected chi connectivity index (χ0v) is 13.9. The first-order valence-corrected chi connectivity index (χ1v) is 8.50. The fraction of sp³-hybridized carbons (Fsp3) is 0.316. The minimum absolute atomic E-state index is 0.00251. The minimum Gasteiger partial charge on any atom is -0.328 e. The monoisotopic (exact) mass is 338 g/mol. The smallest absolute Gasteiger partial charge is 0.255 e. The molecular weight excluding hydrogens is 316 g/mol. The molecule has 0 aliphatic heterocycles. The average Bonchev–Trinajstić information content (AvgIpc) is 2.63. The molecule has 0 saturated heterocycles. The average molecular weight is 338 g/mol. The van der Waals surface area contributed by atoms with Crippen LogP contribution < -0.4 is 16.4 Å². The van der Waals surface area contributed by atoms with E-state index in [1.807, 2.05) is 0 Å². The van der Waals surface area contributed by atoms with Crippen LogP contribution in [0.25, 0.3) is 0 Å². The molecule has 2 amide bonds. The third kappa shape index (κ3) is 4.64. The summed E-state index contributed by atoms with van der Waals surface area (Å²) in [6.45, 7) is 0. The normalized spacial score (nSPS) is 19.9. The number of pyridine rings is 1. The largest absolute Gasteiger partial charge is 0.328 e. The molecule has 6 nitrogen and oxygen atoms in total. The predicted octanol–water partition coefficient (Wildman–Crippen LogP) is 2.79. The molecule has 1 heterocycles. The summed E-state index contributed by atoms with van der Waals surface area (Å²) in [5.41, 5.74) is 7.78. The molecule has 0 spiro atoms. The Bertz CT molecular complexity index is 731. The zero-order valence-electron chi connectivity index (χ0n) is 13.9. The van der Waals surface area contributed by atoms with Crippen LogP contribution in [0.4, 0.5) is 11.4 Å². The SMILES string of the molecule is NC1CCCC(C(=O)Nc2ccc(C(=O)Nc3cccnc3)cc2)C1. The van der Waals surface area contributed by atoms with Gasteiger partial charge in [0.05, 0.1) is 11.9 Å². The van der Waals surface area contributed by atoms with E-state index in [2.05, 4.69) is 15.6 Å². The number of aromatic nitrogens is 1. The van der Waals surface area contributed by atoms with Gasteiger partial charge in [-0.15, -0.1) is 0 Å². The van der Waals surface area contributed by atoms with Crippen LogP contribution in [0.5, 0.6) is 0 Å². The van der Waals surface area contributed by atoms with Gasteiger partial charge >= 0.3 is 0 Å². The second-order valence-electron chi connectivity index (χ2n) is 6.39. The maximum absolute atomic E-state index is 12.3. The number of benzene rings is 1. The van der Waals surface area contributed by atoms with Crippen LogP contribution in [0, 0.1) is 5.92 Å². The second-order valence-corrected chi connectivity index (χ2v) is 6.39. The molecular formula is C19H22N4O2. The number of carbonyl (C=O) groups excluding carboxylic acids is 2. The molecule has 1 aliphatic rings. The van der Waals surface area contributed by atoms with Crippen molar-refractivity contribution >= 4 is 23.2 Å². The number of hydrogen-bond donors (Lipinski definition) is 3. The standard InChI is InChI=1S/C19H22N4O2/c20-15-4-1-3-14(11-15)19(25)22-16-8-6-13(7-9-16)18(24)23-17-5-2-10-21-12-17/h2,5-10,12,14-15H,1,3-4,11,20H2,(H,22,25)(H,23,24). The molecule has 2 unspecified atom stereocenters. The Morgan fingerprint density at radius 2 is 1.84 bits per heavy atom. The van der Waals surface area contributed by atoms with E-state index in [4.69, 9.17) is 5.73 Å². The third-order valence-corrected chi connectivity index (χ3v) is 4.42. The molecule has 2 atom stereocenters. The van der Waals surface area contributed by atoms with Gasteiger partial charge in [-0.3, -0.25) is 14.6 Å². The number of anilines is 2. The van der Waals surface area contributed by atoms with Crippen LogP contribution in [0.15, 0.2) is 48.8 Å². The lowest BCUT2D eigenvalue weighted by molar-refractivity contribution is -0.120. The summed E-state index contributed by atoms with van der Waals surface area (Å²) in [5, 5.41) is 5.68. The van der Waals surface area contributed by atoms with Crippen LogP contribution in [0.3, 0.4) is 0 Å². The van der Waals surface area contributed by atoms with E-state index in [1.165, 1.54) is 0 Å². The van der Waals surface area contributed by atoms with Gasteiger partial charge < -0.3 is 16.4 Å². The highest BCUT2D eigenvalue weighted by Gasteiger charge is 2.25. The number of rotatable bonds is 4. The lowest BCUT2D eigenvalue weighted by Crippen LogP contribution is -2.34. The minimum atomic E-state index is -0.218. The highest BCUT2D eigenvalue weighted by molar-refractivity contribution is 6.04. The Balaban J connectivity index is 1.58. The van der Waals surface area contributed by atoms with Crippen LogP contribution in [0.2, 0.25) is 0 Å². The Kier molecular flexibility index (Phi) is 5.40. The van der Waals surface area contributed by atoms with Gasteiger partial charge in [0.2, 0.25) is 5.91 Å². The van der Waals surface area contributed by atoms with Crippen LogP contribution in [-0.2, 0) is 4.79 Å². The molecule has 0 radical (unpaired) electrons. The van der Waals surface area contributed by atoms with Crippen molar-refractivity contribution in [2.24, 2.45) is 11.7 Å². The first-order valence-electron chi connectivity index (χ1n) is 8.50. The molecule has 3 rings (SSSR count). The van der Waals surface area contributed by atoms with Gasteiger partial charge in [-0.05, 0) is 55.7 Å². The molecule has 1 aromatic carbocycles. The van der Waals surface area contributed by atoms with Crippen molar-refractivity contribution < 1.29 is 9.59 Å². The Hall–Kier alpha value is -2.73. The van der Waals surface area contributed by atoms with Gasteiger partial charge in [0, 0.05) is 29.4 Å². The van der Waals surface area contributed by atoms with Crippen LogP contribution in [0.1, 0.15) is 36.0 Å². The molecule has 1 aromatic heterocycles. The number of nitrogens with one attached hydrogen (secondary N) is 2. The van der Waals surface area contributed by atoms with Crippen molar-refractivity contribution in [3.63, 3.8) is 0 Å². The van der Waals surface area contributed by atoms with Crippen molar-refractivity contribution in [3.05, 3.63) is 54.4 Å². The van der Waals surface area contributed by atoms with Gasteiger partial charge in [-0.2, -0.15) is 0 Å². The summed E-state index contributed by atoms with van der Waals surface area (Å²) in [6.07, 6.45) is 6.83. The van der Waals surface area contributed by atoms with Gasteiger partial charge in [0.15, 0.2) is 0 Å². The molecule has 1 saturated carbocycles. The van der Waals surface area contributed by atoms with Crippen molar-refractivity contribution in [1.29, 1.82) is 0 Å². The van der Waals surface area contributed by atoms with Gasteiger partial charge in [0.25, 0.3) is 5.91 Å². The summed E-state index contributed by atoms with van der Waals surface area (Å²) in [6, 6.07) is 10.5. The van der Waals surface area contributed by atoms with Crippen LogP contribution in [-0.4, -0.2) is 22.8 Å². The first kappa shape index (κ1) is 17.1. The lowest BCUT2D eigenvalue weighted by Gasteiger charge is -2.25. The molecule has 2 aromatic rings. The van der Waals surface area contributed by atoms with Gasteiger partial charge in [-0.25, -0.2) is 0 Å². The fourth-order valence-corrected chi connectivity index (χ4v) is 3.05. The lowest BCUT2D eigenvalue weighted by atomic mass is 9.85. The van der Waals surface area contributed by atoms with Crippen molar-refractivity contribution in [2.75, 3.05) is 10.6 Å². The molecule has 4 N–H and O–H groups in total. The number of nitrogens with zero attached hydrogens (tertiary/aromatic N) is 1. The summed E-state index contributed by atoms with van der Waals surface area (Å²) < 4.78 is 0. The summed E-state index contributed by atoms with van der Waals surface area (Å²) in [7, 11) is 0.